The minimum atomic E-state index is -0.368. The Bertz CT molecular complexity index is 659. The highest BCUT2D eigenvalue weighted by Gasteiger charge is 2.19. The van der Waals surface area contributed by atoms with Crippen LogP contribution in [0.3, 0.4) is 0 Å². The van der Waals surface area contributed by atoms with Crippen LogP contribution in [0.15, 0.2) is 30.5 Å². The highest BCUT2D eigenvalue weighted by molar-refractivity contribution is 6.31. The molecule has 0 saturated carbocycles. The summed E-state index contributed by atoms with van der Waals surface area (Å²) in [4.78, 5) is 16.6. The summed E-state index contributed by atoms with van der Waals surface area (Å²) in [7, 11) is 0. The number of carbonyl (C=O) groups excluding carboxylic acids is 1. The second kappa shape index (κ2) is 8.80. The molecule has 2 aromatic rings. The van der Waals surface area contributed by atoms with Crippen LogP contribution < -0.4 is 0 Å². The molecule has 0 atom stereocenters. The van der Waals surface area contributed by atoms with Gasteiger partial charge in [0.25, 0.3) is 5.91 Å². The predicted molar refractivity (Wildman–Crippen MR) is 92.5 cm³/mol. The monoisotopic (exact) mass is 352 g/mol. The van der Waals surface area contributed by atoms with Crippen molar-refractivity contribution in [3.05, 3.63) is 52.6 Å². The largest absolute Gasteiger partial charge is 0.332 e. The van der Waals surface area contributed by atoms with Gasteiger partial charge in [0.1, 0.15) is 11.5 Å². The Morgan fingerprint density at radius 2 is 2.00 bits per heavy atom. The number of aromatic nitrogens is 2. The molecule has 7 heteroatoms. The molecule has 0 aliphatic rings. The molecular weight excluding hydrogens is 331 g/mol. The van der Waals surface area contributed by atoms with Gasteiger partial charge in [-0.2, -0.15) is 5.10 Å². The molecule has 130 valence electrons. The number of benzene rings is 1. The van der Waals surface area contributed by atoms with Gasteiger partial charge in [0.15, 0.2) is 0 Å². The molecule has 1 heterocycles. The van der Waals surface area contributed by atoms with E-state index in [0.717, 1.165) is 19.6 Å². The van der Waals surface area contributed by atoms with Gasteiger partial charge in [0.2, 0.25) is 0 Å². The van der Waals surface area contributed by atoms with Crippen LogP contribution in [0.1, 0.15) is 29.9 Å². The van der Waals surface area contributed by atoms with E-state index in [1.54, 1.807) is 11.0 Å². The molecule has 1 N–H and O–H groups in total. The summed E-state index contributed by atoms with van der Waals surface area (Å²) in [5.74, 6) is -0.549. The maximum absolute atomic E-state index is 13.5. The van der Waals surface area contributed by atoms with Crippen molar-refractivity contribution in [3.63, 3.8) is 0 Å². The van der Waals surface area contributed by atoms with E-state index in [0.29, 0.717) is 22.8 Å². The van der Waals surface area contributed by atoms with Gasteiger partial charge in [-0.05, 0) is 42.9 Å². The Balaban J connectivity index is 2.18. The molecule has 0 unspecified atom stereocenters. The van der Waals surface area contributed by atoms with Crippen molar-refractivity contribution in [2.45, 2.75) is 20.4 Å². The van der Waals surface area contributed by atoms with Gasteiger partial charge in [-0.25, -0.2) is 4.39 Å². The minimum Gasteiger partial charge on any atom is -0.332 e. The Labute approximate surface area is 146 Å². The van der Waals surface area contributed by atoms with Gasteiger partial charge in [0, 0.05) is 30.9 Å². The smallest absolute Gasteiger partial charge is 0.272 e. The van der Waals surface area contributed by atoms with Crippen molar-refractivity contribution in [3.8, 4) is 0 Å². The van der Waals surface area contributed by atoms with E-state index in [9.17, 15) is 9.18 Å². The highest BCUT2D eigenvalue weighted by atomic mass is 35.5. The fourth-order valence-corrected chi connectivity index (χ4v) is 2.65. The first kappa shape index (κ1) is 18.4. The van der Waals surface area contributed by atoms with E-state index in [-0.39, 0.29) is 18.3 Å². The molecule has 0 aliphatic carbocycles. The second-order valence-electron chi connectivity index (χ2n) is 5.46. The summed E-state index contributed by atoms with van der Waals surface area (Å²) in [6.07, 6.45) is 1.53. The summed E-state index contributed by atoms with van der Waals surface area (Å²) >= 11 is 6.15. The van der Waals surface area contributed by atoms with Gasteiger partial charge in [0.05, 0.1) is 0 Å². The Morgan fingerprint density at radius 3 is 2.62 bits per heavy atom. The second-order valence-corrected chi connectivity index (χ2v) is 5.87. The molecule has 24 heavy (non-hydrogen) atoms. The number of halogens is 2. The summed E-state index contributed by atoms with van der Waals surface area (Å²) in [5, 5.41) is 6.95. The molecule has 0 radical (unpaired) electrons. The van der Waals surface area contributed by atoms with Crippen LogP contribution in [-0.4, -0.2) is 52.1 Å². The zero-order valence-electron chi connectivity index (χ0n) is 13.9. The standard InChI is InChI=1S/C17H22ClFN4O/c1-3-22(4-2)9-10-23(17(24)16-7-8-20-21-16)12-13-11-14(19)5-6-15(13)18/h5-8,11H,3-4,9-10,12H2,1-2H3,(H,20,21). The predicted octanol–water partition coefficient (Wildman–Crippen LogP) is 3.19. The van der Waals surface area contributed by atoms with Crippen LogP contribution in [0.5, 0.6) is 0 Å². The van der Waals surface area contributed by atoms with Crippen LogP contribution in [0.25, 0.3) is 0 Å². The van der Waals surface area contributed by atoms with Gasteiger partial charge >= 0.3 is 0 Å². The number of nitrogens with one attached hydrogen (secondary N) is 1. The van der Waals surface area contributed by atoms with Crippen LogP contribution >= 0.6 is 11.6 Å². The molecule has 0 spiro atoms. The zero-order chi connectivity index (χ0) is 17.5. The molecule has 5 nitrogen and oxygen atoms in total. The first-order valence-corrected chi connectivity index (χ1v) is 8.37. The zero-order valence-corrected chi connectivity index (χ0v) is 14.7. The van der Waals surface area contributed by atoms with Gasteiger partial charge in [-0.1, -0.05) is 25.4 Å². The van der Waals surface area contributed by atoms with Crippen molar-refractivity contribution in [2.75, 3.05) is 26.2 Å². The summed E-state index contributed by atoms with van der Waals surface area (Å²) < 4.78 is 13.5. The number of aromatic amines is 1. The Hall–Kier alpha value is -1.92. The van der Waals surface area contributed by atoms with E-state index in [4.69, 9.17) is 11.6 Å². The maximum atomic E-state index is 13.5. The average molecular weight is 353 g/mol. The number of amides is 1. The number of hydrogen-bond acceptors (Lipinski definition) is 3. The lowest BCUT2D eigenvalue weighted by atomic mass is 10.2. The molecule has 0 aliphatic heterocycles. The van der Waals surface area contributed by atoms with Crippen molar-refractivity contribution in [1.82, 2.24) is 20.0 Å². The number of rotatable bonds is 8. The Morgan fingerprint density at radius 1 is 1.25 bits per heavy atom. The van der Waals surface area contributed by atoms with Crippen LogP contribution in [0.2, 0.25) is 5.02 Å². The third kappa shape index (κ3) is 4.79. The van der Waals surface area contributed by atoms with E-state index in [1.807, 2.05) is 0 Å². The number of nitrogens with zero attached hydrogens (tertiary/aromatic N) is 3. The molecule has 1 aromatic heterocycles. The lowest BCUT2D eigenvalue weighted by Gasteiger charge is -2.26. The Kier molecular flexibility index (Phi) is 6.75. The van der Waals surface area contributed by atoms with Gasteiger partial charge in [-0.3, -0.25) is 9.89 Å². The summed E-state index contributed by atoms with van der Waals surface area (Å²) in [5.41, 5.74) is 0.992. The van der Waals surface area contributed by atoms with Crippen LogP contribution in [-0.2, 0) is 6.54 Å². The first-order chi connectivity index (χ1) is 11.5. The minimum absolute atomic E-state index is 0.181. The van der Waals surface area contributed by atoms with Crippen molar-refractivity contribution in [1.29, 1.82) is 0 Å². The number of carbonyl (C=O) groups is 1. The third-order valence-electron chi connectivity index (χ3n) is 3.97. The highest BCUT2D eigenvalue weighted by Crippen LogP contribution is 2.20. The molecular formula is C17H22ClFN4O. The average Bonchev–Trinajstić information content (AvgIpc) is 3.11. The van der Waals surface area contributed by atoms with E-state index in [2.05, 4.69) is 28.9 Å². The molecule has 0 fully saturated rings. The van der Waals surface area contributed by atoms with Gasteiger partial charge in [-0.15, -0.1) is 0 Å². The lowest BCUT2D eigenvalue weighted by molar-refractivity contribution is 0.0718. The SMILES string of the molecule is CCN(CC)CCN(Cc1cc(F)ccc1Cl)C(=O)c1ccn[nH]1. The number of hydrogen-bond donors (Lipinski definition) is 1. The van der Waals surface area contributed by atoms with E-state index in [1.165, 1.54) is 24.4 Å². The summed E-state index contributed by atoms with van der Waals surface area (Å²) in [6, 6.07) is 5.81. The van der Waals surface area contributed by atoms with E-state index >= 15 is 0 Å². The topological polar surface area (TPSA) is 52.2 Å². The van der Waals surface area contributed by atoms with Crippen molar-refractivity contribution >= 4 is 17.5 Å². The normalized spacial score (nSPS) is 11.0. The fourth-order valence-electron chi connectivity index (χ4n) is 2.47. The molecule has 0 saturated heterocycles. The number of H-pyrrole nitrogens is 1. The maximum Gasteiger partial charge on any atom is 0.272 e. The van der Waals surface area contributed by atoms with Gasteiger partial charge < -0.3 is 9.80 Å². The molecule has 1 aromatic carbocycles. The van der Waals surface area contributed by atoms with Crippen molar-refractivity contribution < 1.29 is 9.18 Å². The third-order valence-corrected chi connectivity index (χ3v) is 4.34. The number of likely N-dealkylation sites (N-methyl/N-ethyl adjacent to an activating group) is 1. The molecule has 0 bridgehead atoms. The summed E-state index contributed by atoms with van der Waals surface area (Å²) in [6.45, 7) is 7.47. The van der Waals surface area contributed by atoms with Crippen LogP contribution in [0, 0.1) is 5.82 Å². The van der Waals surface area contributed by atoms with Crippen molar-refractivity contribution in [2.24, 2.45) is 0 Å². The fraction of sp³-hybridized carbons (Fsp3) is 0.412. The van der Waals surface area contributed by atoms with Crippen LogP contribution in [0.4, 0.5) is 4.39 Å². The quantitative estimate of drug-likeness (QED) is 0.793. The lowest BCUT2D eigenvalue weighted by Crippen LogP contribution is -2.38. The molecule has 1 amide bonds. The molecule has 2 rings (SSSR count). The first-order valence-electron chi connectivity index (χ1n) is 8.00. The van der Waals surface area contributed by atoms with E-state index < -0.39 is 0 Å².